The van der Waals surface area contributed by atoms with Gasteiger partial charge in [-0.1, -0.05) is 20.8 Å². The maximum absolute atomic E-state index is 9.38. The van der Waals surface area contributed by atoms with Crippen LogP contribution in [0.4, 0.5) is 0 Å². The molecule has 0 aliphatic carbocycles. The fourth-order valence-electron chi connectivity index (χ4n) is 0.409. The highest BCUT2D eigenvalue weighted by Gasteiger charge is 2.29. The number of rotatable bonds is 3. The Morgan fingerprint density at radius 3 is 2.09 bits per heavy atom. The third-order valence-electron chi connectivity index (χ3n) is 1.15. The number of hydrogen-bond acceptors (Lipinski definition) is 3. The van der Waals surface area contributed by atoms with E-state index in [-0.39, 0.29) is 5.41 Å². The van der Waals surface area contributed by atoms with E-state index < -0.39 is 8.80 Å². The van der Waals surface area contributed by atoms with E-state index in [2.05, 4.69) is 0 Å². The molecule has 0 aromatic rings. The van der Waals surface area contributed by atoms with Gasteiger partial charge in [0, 0.05) is 20.3 Å². The average Bonchev–Trinajstić information content (AvgIpc) is 1.83. The van der Waals surface area contributed by atoms with E-state index in [1.807, 2.05) is 20.8 Å². The lowest BCUT2D eigenvalue weighted by Crippen LogP contribution is -2.40. The summed E-state index contributed by atoms with van der Waals surface area (Å²) in [5.41, 5.74) is 0.0789. The minimum atomic E-state index is -2.79. The molecule has 0 aliphatic heterocycles. The molecule has 11 heavy (non-hydrogen) atoms. The lowest BCUT2D eigenvalue weighted by atomic mass is 9.99. The first-order valence-electron chi connectivity index (χ1n) is 3.68. The van der Waals surface area contributed by atoms with Crippen LogP contribution in [0, 0.1) is 5.41 Å². The van der Waals surface area contributed by atoms with Crippen LogP contribution in [0.2, 0.25) is 6.55 Å². The Morgan fingerprint density at radius 2 is 1.82 bits per heavy atom. The first kappa shape index (κ1) is 11.1. The SMILES string of the molecule is CO[Si](C)(O)OCC(C)(C)C. The maximum Gasteiger partial charge on any atom is 0.494 e. The van der Waals surface area contributed by atoms with Crippen LogP contribution in [-0.4, -0.2) is 27.3 Å². The zero-order chi connectivity index (χ0) is 9.12. The van der Waals surface area contributed by atoms with Gasteiger partial charge in [0.25, 0.3) is 0 Å². The molecule has 0 rings (SSSR count). The zero-order valence-corrected chi connectivity index (χ0v) is 8.97. The molecule has 0 spiro atoms. The largest absolute Gasteiger partial charge is 0.494 e. The standard InChI is InChI=1S/C7H18O3Si/c1-7(2,3)6-10-11(5,8)9-4/h8H,6H2,1-5H3. The smallest absolute Gasteiger partial charge is 0.390 e. The second-order valence-electron chi connectivity index (χ2n) is 3.95. The molecule has 4 heteroatoms. The van der Waals surface area contributed by atoms with Gasteiger partial charge in [-0.15, -0.1) is 0 Å². The molecule has 0 heterocycles. The monoisotopic (exact) mass is 178 g/mol. The van der Waals surface area contributed by atoms with Crippen molar-refractivity contribution in [2.75, 3.05) is 13.7 Å². The van der Waals surface area contributed by atoms with Crippen molar-refractivity contribution in [3.63, 3.8) is 0 Å². The Morgan fingerprint density at radius 1 is 1.36 bits per heavy atom. The van der Waals surface area contributed by atoms with E-state index in [0.717, 1.165) is 0 Å². The van der Waals surface area contributed by atoms with Gasteiger partial charge < -0.3 is 13.6 Å². The van der Waals surface area contributed by atoms with Gasteiger partial charge in [-0.2, -0.15) is 0 Å². The van der Waals surface area contributed by atoms with E-state index in [9.17, 15) is 4.80 Å². The molecular formula is C7H18O3Si. The highest BCUT2D eigenvalue weighted by molar-refractivity contribution is 6.57. The summed E-state index contributed by atoms with van der Waals surface area (Å²) in [5, 5.41) is 0. The molecule has 0 saturated carbocycles. The Kier molecular flexibility index (Phi) is 3.70. The first-order chi connectivity index (χ1) is 4.77. The Bertz CT molecular complexity index is 117. The summed E-state index contributed by atoms with van der Waals surface area (Å²) in [7, 11) is -1.32. The molecule has 68 valence electrons. The fraction of sp³-hybridized carbons (Fsp3) is 1.00. The molecule has 0 fully saturated rings. The van der Waals surface area contributed by atoms with Crippen LogP contribution in [-0.2, 0) is 8.85 Å². The van der Waals surface area contributed by atoms with Crippen molar-refractivity contribution in [3.05, 3.63) is 0 Å². The molecule has 0 amide bonds. The van der Waals surface area contributed by atoms with Crippen LogP contribution < -0.4 is 0 Å². The summed E-state index contributed by atoms with van der Waals surface area (Å²) in [6, 6.07) is 0. The second kappa shape index (κ2) is 3.67. The molecule has 0 aliphatic rings. The molecule has 0 radical (unpaired) electrons. The average molecular weight is 178 g/mol. The van der Waals surface area contributed by atoms with Gasteiger partial charge in [0.15, 0.2) is 0 Å². The number of hydrogen-bond donors (Lipinski definition) is 1. The third-order valence-corrected chi connectivity index (χ3v) is 2.59. The minimum Gasteiger partial charge on any atom is -0.390 e. The van der Waals surface area contributed by atoms with Gasteiger partial charge in [0.1, 0.15) is 0 Å². The quantitative estimate of drug-likeness (QED) is 0.661. The van der Waals surface area contributed by atoms with Crippen molar-refractivity contribution < 1.29 is 13.6 Å². The van der Waals surface area contributed by atoms with Gasteiger partial charge in [0.05, 0.1) is 0 Å². The molecular weight excluding hydrogens is 160 g/mol. The molecule has 0 aromatic carbocycles. The molecule has 1 atom stereocenters. The van der Waals surface area contributed by atoms with Gasteiger partial charge in [0.2, 0.25) is 0 Å². The van der Waals surface area contributed by atoms with Gasteiger partial charge in [-0.3, -0.25) is 0 Å². The van der Waals surface area contributed by atoms with Crippen molar-refractivity contribution in [2.45, 2.75) is 27.3 Å². The zero-order valence-electron chi connectivity index (χ0n) is 7.97. The normalized spacial score (nSPS) is 18.0. The highest BCUT2D eigenvalue weighted by atomic mass is 28.4. The predicted octanol–water partition coefficient (Wildman–Crippen LogP) is 1.26. The minimum absolute atomic E-state index is 0.0789. The topological polar surface area (TPSA) is 38.7 Å². The summed E-state index contributed by atoms with van der Waals surface area (Å²) in [6.45, 7) is 8.28. The summed E-state index contributed by atoms with van der Waals surface area (Å²) < 4.78 is 10.0. The molecule has 0 saturated heterocycles. The van der Waals surface area contributed by atoms with Crippen molar-refractivity contribution in [2.24, 2.45) is 5.41 Å². The van der Waals surface area contributed by atoms with Crippen molar-refractivity contribution in [1.29, 1.82) is 0 Å². The molecule has 0 aromatic heterocycles. The van der Waals surface area contributed by atoms with Crippen LogP contribution in [0.25, 0.3) is 0 Å². The van der Waals surface area contributed by atoms with Crippen molar-refractivity contribution in [1.82, 2.24) is 0 Å². The highest BCUT2D eigenvalue weighted by Crippen LogP contribution is 2.15. The molecule has 3 nitrogen and oxygen atoms in total. The summed E-state index contributed by atoms with van der Waals surface area (Å²) in [4.78, 5) is 9.38. The summed E-state index contributed by atoms with van der Waals surface area (Å²) in [5.74, 6) is 0. The second-order valence-corrected chi connectivity index (χ2v) is 6.44. The maximum atomic E-state index is 9.38. The van der Waals surface area contributed by atoms with Gasteiger partial charge >= 0.3 is 8.80 Å². The van der Waals surface area contributed by atoms with Gasteiger partial charge in [-0.05, 0) is 5.41 Å². The Labute approximate surface area is 69.7 Å². The molecule has 1 N–H and O–H groups in total. The van der Waals surface area contributed by atoms with Crippen LogP contribution in [0.5, 0.6) is 0 Å². The van der Waals surface area contributed by atoms with E-state index in [1.165, 1.54) is 7.11 Å². The van der Waals surface area contributed by atoms with Crippen molar-refractivity contribution in [3.8, 4) is 0 Å². The van der Waals surface area contributed by atoms with Crippen molar-refractivity contribution >= 4 is 8.80 Å². The fourth-order valence-corrected chi connectivity index (χ4v) is 1.23. The van der Waals surface area contributed by atoms with Crippen LogP contribution in [0.15, 0.2) is 0 Å². The van der Waals surface area contributed by atoms with E-state index in [0.29, 0.717) is 6.61 Å². The van der Waals surface area contributed by atoms with E-state index in [4.69, 9.17) is 8.85 Å². The lowest BCUT2D eigenvalue weighted by Gasteiger charge is -2.24. The van der Waals surface area contributed by atoms with E-state index in [1.54, 1.807) is 6.55 Å². The van der Waals surface area contributed by atoms with Crippen LogP contribution >= 0.6 is 0 Å². The van der Waals surface area contributed by atoms with Crippen LogP contribution in [0.3, 0.4) is 0 Å². The lowest BCUT2D eigenvalue weighted by molar-refractivity contribution is 0.0878. The summed E-state index contributed by atoms with van der Waals surface area (Å²) in [6.07, 6.45) is 0. The van der Waals surface area contributed by atoms with Gasteiger partial charge in [-0.25, -0.2) is 0 Å². The predicted molar refractivity (Wildman–Crippen MR) is 46.3 cm³/mol. The summed E-state index contributed by atoms with van der Waals surface area (Å²) >= 11 is 0. The Hall–Kier alpha value is 0.0969. The van der Waals surface area contributed by atoms with Crippen LogP contribution in [0.1, 0.15) is 20.8 Å². The first-order valence-corrected chi connectivity index (χ1v) is 5.95. The third kappa shape index (κ3) is 6.49. The molecule has 1 unspecified atom stereocenters. The Balaban J connectivity index is 3.70. The van der Waals surface area contributed by atoms with E-state index >= 15 is 0 Å². The molecule has 0 bridgehead atoms.